The van der Waals surface area contributed by atoms with E-state index in [9.17, 15) is 9.90 Å². The largest absolute Gasteiger partial charge is 0.390 e. The van der Waals surface area contributed by atoms with Gasteiger partial charge in [0, 0.05) is 10.8 Å². The van der Waals surface area contributed by atoms with Crippen LogP contribution < -0.4 is 0 Å². The van der Waals surface area contributed by atoms with Gasteiger partial charge in [-0.3, -0.25) is 0 Å². The number of hydrogen-bond donors (Lipinski definition) is 1. The van der Waals surface area contributed by atoms with E-state index in [4.69, 9.17) is 11.3 Å². The number of rotatable bonds is 0. The molecule has 1 N–H and O–H groups in total. The molecule has 1 fully saturated rings. The van der Waals surface area contributed by atoms with Gasteiger partial charge in [0.1, 0.15) is 0 Å². The zero-order valence-corrected chi connectivity index (χ0v) is 11.2. The van der Waals surface area contributed by atoms with Crippen LogP contribution in [0.4, 0.5) is 0 Å². The summed E-state index contributed by atoms with van der Waals surface area (Å²) in [6.07, 6.45) is 1.08. The van der Waals surface area contributed by atoms with Crippen LogP contribution >= 0.6 is 0 Å². The first kappa shape index (κ1) is 13.3. The van der Waals surface area contributed by atoms with Crippen molar-refractivity contribution >= 4 is 5.78 Å². The monoisotopic (exact) mass is 249 g/mol. The molecule has 1 aliphatic heterocycles. The molecule has 0 aromatic carbocycles. The number of aliphatic hydroxyl groups excluding tert-OH is 1. The van der Waals surface area contributed by atoms with E-state index in [0.717, 1.165) is 0 Å². The molecular weight excluding hydrogens is 230 g/mol. The summed E-state index contributed by atoms with van der Waals surface area (Å²) >= 11 is 0. The summed E-state index contributed by atoms with van der Waals surface area (Å²) in [5, 5.41) is 9.96. The Balaban J connectivity index is 2.52. The van der Waals surface area contributed by atoms with E-state index in [0.29, 0.717) is 6.42 Å². The lowest BCUT2D eigenvalue weighted by Crippen LogP contribution is -2.58. The van der Waals surface area contributed by atoms with Crippen molar-refractivity contribution in [2.75, 3.05) is 0 Å². The molecule has 0 amide bonds. The van der Waals surface area contributed by atoms with E-state index >= 15 is 0 Å². The van der Waals surface area contributed by atoms with Gasteiger partial charge >= 0.3 is 0 Å². The standard InChI is InChI=1S/C14H19NO3/c1-8-10(16)7-14(4)6-9(15-5)11(17)13(2,3)12(14)18-8/h6,8,10,12,16H,7H2,1-4H3/t8-,10+,12+,14-/m1/s1. The normalized spacial score (nSPS) is 42.8. The van der Waals surface area contributed by atoms with Gasteiger partial charge in [0.2, 0.25) is 5.70 Å². The predicted molar refractivity (Wildman–Crippen MR) is 66.5 cm³/mol. The average molecular weight is 249 g/mol. The van der Waals surface area contributed by atoms with Crippen LogP contribution in [0, 0.1) is 17.4 Å². The third-order valence-electron chi connectivity index (χ3n) is 4.20. The minimum Gasteiger partial charge on any atom is -0.390 e. The second-order valence-electron chi connectivity index (χ2n) is 6.19. The van der Waals surface area contributed by atoms with Crippen molar-refractivity contribution in [3.8, 4) is 0 Å². The number of ketones is 1. The van der Waals surface area contributed by atoms with Crippen LogP contribution in [0.3, 0.4) is 0 Å². The Morgan fingerprint density at radius 1 is 1.50 bits per heavy atom. The van der Waals surface area contributed by atoms with E-state index in [2.05, 4.69) is 4.85 Å². The Labute approximate surface area is 107 Å². The van der Waals surface area contributed by atoms with E-state index in [1.807, 2.05) is 27.7 Å². The van der Waals surface area contributed by atoms with Crippen LogP contribution in [-0.4, -0.2) is 29.2 Å². The summed E-state index contributed by atoms with van der Waals surface area (Å²) in [6, 6.07) is 0. The van der Waals surface area contributed by atoms with E-state index < -0.39 is 16.9 Å². The third kappa shape index (κ3) is 1.70. The molecule has 0 aromatic rings. The molecule has 1 aliphatic carbocycles. The summed E-state index contributed by atoms with van der Waals surface area (Å²) in [7, 11) is 0. The zero-order chi connectivity index (χ0) is 13.7. The molecule has 0 radical (unpaired) electrons. The van der Waals surface area contributed by atoms with Crippen molar-refractivity contribution in [1.29, 1.82) is 0 Å². The third-order valence-corrected chi connectivity index (χ3v) is 4.20. The molecule has 0 saturated carbocycles. The van der Waals surface area contributed by atoms with Crippen LogP contribution in [0.15, 0.2) is 11.8 Å². The molecule has 18 heavy (non-hydrogen) atoms. The van der Waals surface area contributed by atoms with Gasteiger partial charge in [-0.05, 0) is 13.3 Å². The summed E-state index contributed by atoms with van der Waals surface area (Å²) in [5.74, 6) is -0.163. The molecule has 4 nitrogen and oxygen atoms in total. The van der Waals surface area contributed by atoms with Crippen molar-refractivity contribution in [1.82, 2.24) is 0 Å². The number of carbonyl (C=O) groups excluding carboxylic acids is 1. The van der Waals surface area contributed by atoms with Gasteiger partial charge < -0.3 is 14.6 Å². The van der Waals surface area contributed by atoms with Crippen LogP contribution in [0.5, 0.6) is 0 Å². The Morgan fingerprint density at radius 3 is 2.67 bits per heavy atom. The van der Waals surface area contributed by atoms with Gasteiger partial charge in [0.25, 0.3) is 0 Å². The van der Waals surface area contributed by atoms with Gasteiger partial charge in [0.05, 0.1) is 24.9 Å². The maximum absolute atomic E-state index is 12.2. The highest BCUT2D eigenvalue weighted by Gasteiger charge is 2.55. The van der Waals surface area contributed by atoms with Crippen molar-refractivity contribution in [3.05, 3.63) is 23.2 Å². The molecule has 2 rings (SSSR count). The molecule has 1 saturated heterocycles. The average Bonchev–Trinajstić information content (AvgIpc) is 2.28. The highest BCUT2D eigenvalue weighted by Crippen LogP contribution is 2.50. The number of allylic oxidation sites excluding steroid dienone is 1. The van der Waals surface area contributed by atoms with Crippen molar-refractivity contribution in [3.63, 3.8) is 0 Å². The topological polar surface area (TPSA) is 50.9 Å². The summed E-state index contributed by atoms with van der Waals surface area (Å²) < 4.78 is 5.87. The van der Waals surface area contributed by atoms with Crippen LogP contribution in [0.25, 0.3) is 4.85 Å². The number of hydrogen-bond acceptors (Lipinski definition) is 3. The Bertz CT molecular complexity index is 460. The minimum absolute atomic E-state index is 0.163. The molecule has 98 valence electrons. The van der Waals surface area contributed by atoms with Gasteiger partial charge in [-0.15, -0.1) is 0 Å². The van der Waals surface area contributed by atoms with Crippen molar-refractivity contribution < 1.29 is 14.6 Å². The molecule has 2 aliphatic rings. The van der Waals surface area contributed by atoms with Gasteiger partial charge in [-0.25, -0.2) is 4.85 Å². The van der Waals surface area contributed by atoms with Crippen LogP contribution in [0.1, 0.15) is 34.1 Å². The van der Waals surface area contributed by atoms with Gasteiger partial charge in [-0.2, -0.15) is 0 Å². The number of carbonyl (C=O) groups is 1. The summed E-state index contributed by atoms with van der Waals surface area (Å²) in [6.45, 7) is 14.5. The van der Waals surface area contributed by atoms with Crippen LogP contribution in [0.2, 0.25) is 0 Å². The van der Waals surface area contributed by atoms with Crippen molar-refractivity contribution in [2.45, 2.75) is 52.4 Å². The fraction of sp³-hybridized carbons (Fsp3) is 0.714. The van der Waals surface area contributed by atoms with E-state index in [1.165, 1.54) is 0 Å². The molecule has 0 bridgehead atoms. The first-order valence-electron chi connectivity index (χ1n) is 6.21. The highest BCUT2D eigenvalue weighted by molar-refractivity contribution is 6.02. The number of Topliss-reactive ketones (excluding diaryl/α,β-unsaturated/α-hetero) is 1. The second-order valence-corrected chi connectivity index (χ2v) is 6.19. The summed E-state index contributed by atoms with van der Waals surface area (Å²) in [5.41, 5.74) is -1.01. The Morgan fingerprint density at radius 2 is 2.11 bits per heavy atom. The molecule has 0 unspecified atom stereocenters. The number of ether oxygens (including phenoxy) is 1. The zero-order valence-electron chi connectivity index (χ0n) is 11.2. The SMILES string of the molecule is [C-]#[N+]C1=C[C@]2(C)C[C@H](O)[C@@H](C)O[C@H]2C(C)(C)C1=O. The molecule has 1 heterocycles. The Kier molecular flexibility index (Phi) is 2.88. The predicted octanol–water partition coefficient (Wildman–Crippen LogP) is 1.94. The van der Waals surface area contributed by atoms with Gasteiger partial charge in [-0.1, -0.05) is 26.8 Å². The number of nitrogens with zero attached hydrogens (tertiary/aromatic N) is 1. The Hall–Kier alpha value is -1.18. The molecular formula is C14H19NO3. The fourth-order valence-corrected chi connectivity index (χ4v) is 3.22. The number of aliphatic hydroxyl groups is 1. The molecule has 4 atom stereocenters. The highest BCUT2D eigenvalue weighted by atomic mass is 16.5. The maximum atomic E-state index is 12.2. The summed E-state index contributed by atoms with van der Waals surface area (Å²) in [4.78, 5) is 15.6. The lowest BCUT2D eigenvalue weighted by atomic mass is 9.60. The molecule has 4 heteroatoms. The van der Waals surface area contributed by atoms with E-state index in [-0.39, 0.29) is 23.7 Å². The lowest BCUT2D eigenvalue weighted by molar-refractivity contribution is -0.197. The number of fused-ring (bicyclic) bond motifs is 1. The first-order chi connectivity index (χ1) is 8.22. The fourth-order valence-electron chi connectivity index (χ4n) is 3.22. The van der Waals surface area contributed by atoms with E-state index in [1.54, 1.807) is 6.08 Å². The smallest absolute Gasteiger partial charge is 0.226 e. The lowest BCUT2D eigenvalue weighted by Gasteiger charge is -2.52. The van der Waals surface area contributed by atoms with Crippen LogP contribution in [-0.2, 0) is 9.53 Å². The quantitative estimate of drug-likeness (QED) is 0.667. The molecule has 0 spiro atoms. The second kappa shape index (κ2) is 3.91. The first-order valence-corrected chi connectivity index (χ1v) is 6.21. The minimum atomic E-state index is -0.724. The maximum Gasteiger partial charge on any atom is 0.226 e. The molecule has 0 aromatic heterocycles. The van der Waals surface area contributed by atoms with Gasteiger partial charge in [0.15, 0.2) is 5.78 Å². The van der Waals surface area contributed by atoms with Crippen molar-refractivity contribution in [2.24, 2.45) is 10.8 Å².